The average molecular weight is 291 g/mol. The smallest absolute Gasteiger partial charge is 0.373 e. The molecule has 0 aliphatic carbocycles. The largest absolute Gasteiger partial charge is 0.451 e. The van der Waals surface area contributed by atoms with Gasteiger partial charge in [-0.2, -0.15) is 13.2 Å². The Balaban J connectivity index is 2.96. The minimum Gasteiger partial charge on any atom is -0.373 e. The van der Waals surface area contributed by atoms with Gasteiger partial charge in [0.05, 0.1) is 0 Å². The molecule has 1 heterocycles. The lowest BCUT2D eigenvalue weighted by molar-refractivity contribution is -0.144. The molecule has 1 aromatic rings. The number of amides is 1. The maximum atomic E-state index is 12.7. The monoisotopic (exact) mass is 291 g/mol. The molecule has 0 fully saturated rings. The zero-order chi connectivity index (χ0) is 15.3. The van der Waals surface area contributed by atoms with Crippen molar-refractivity contribution in [3.05, 3.63) is 11.9 Å². The Hall–Kier alpha value is -2.06. The van der Waals surface area contributed by atoms with Crippen LogP contribution in [0.1, 0.15) is 12.2 Å². The molecule has 0 saturated heterocycles. The first kappa shape index (κ1) is 16.0. The number of rotatable bonds is 5. The number of aromatic nitrogens is 2. The van der Waals surface area contributed by atoms with E-state index in [2.05, 4.69) is 20.6 Å². The van der Waals surface area contributed by atoms with Crippen molar-refractivity contribution < 1.29 is 18.0 Å². The van der Waals surface area contributed by atoms with Gasteiger partial charge in [0, 0.05) is 40.2 Å². The van der Waals surface area contributed by atoms with Crippen LogP contribution in [0.15, 0.2) is 6.07 Å². The molecule has 2 N–H and O–H groups in total. The van der Waals surface area contributed by atoms with Crippen LogP contribution in [-0.4, -0.2) is 43.6 Å². The van der Waals surface area contributed by atoms with Crippen LogP contribution in [-0.2, 0) is 11.0 Å². The Bertz CT molecular complexity index is 478. The predicted molar refractivity (Wildman–Crippen MR) is 68.5 cm³/mol. The van der Waals surface area contributed by atoms with Crippen LogP contribution in [0.3, 0.4) is 0 Å². The summed E-state index contributed by atoms with van der Waals surface area (Å²) in [7, 11) is 4.52. The molecule has 112 valence electrons. The summed E-state index contributed by atoms with van der Waals surface area (Å²) in [5, 5.41) is 4.99. The number of hydrogen-bond donors (Lipinski definition) is 2. The zero-order valence-corrected chi connectivity index (χ0v) is 11.4. The van der Waals surface area contributed by atoms with Crippen LogP contribution in [0.25, 0.3) is 0 Å². The van der Waals surface area contributed by atoms with E-state index in [-0.39, 0.29) is 30.5 Å². The number of nitrogens with one attached hydrogen (secondary N) is 2. The van der Waals surface area contributed by atoms with Gasteiger partial charge in [0.15, 0.2) is 0 Å². The fourth-order valence-corrected chi connectivity index (χ4v) is 1.39. The molecule has 1 amide bonds. The summed E-state index contributed by atoms with van der Waals surface area (Å²) < 4.78 is 38.0. The molecule has 1 aromatic heterocycles. The molecule has 9 heteroatoms. The van der Waals surface area contributed by atoms with E-state index in [4.69, 9.17) is 0 Å². The number of alkyl halides is 3. The maximum Gasteiger partial charge on any atom is 0.451 e. The molecule has 0 unspecified atom stereocenters. The molecule has 0 radical (unpaired) electrons. The Morgan fingerprint density at radius 3 is 2.50 bits per heavy atom. The van der Waals surface area contributed by atoms with Crippen molar-refractivity contribution in [1.29, 1.82) is 0 Å². The highest BCUT2D eigenvalue weighted by atomic mass is 19.4. The van der Waals surface area contributed by atoms with E-state index < -0.39 is 12.0 Å². The standard InChI is InChI=1S/C11H16F3N5O/c1-15-7-6-8(18-10(17-7)11(12,13)14)19(3)5-4-9(20)16-2/h6H,4-5H2,1-3H3,(H,16,20)(H,15,17,18). The molecule has 1 rings (SSSR count). The first-order valence-corrected chi connectivity index (χ1v) is 5.83. The fraction of sp³-hybridized carbons (Fsp3) is 0.545. The summed E-state index contributed by atoms with van der Waals surface area (Å²) in [6.45, 7) is 0.247. The van der Waals surface area contributed by atoms with Gasteiger partial charge in [-0.1, -0.05) is 0 Å². The van der Waals surface area contributed by atoms with Crippen LogP contribution in [0.2, 0.25) is 0 Å². The summed E-state index contributed by atoms with van der Waals surface area (Å²) in [5.74, 6) is -1.25. The van der Waals surface area contributed by atoms with Crippen LogP contribution in [0.5, 0.6) is 0 Å². The van der Waals surface area contributed by atoms with Crippen molar-refractivity contribution in [3.63, 3.8) is 0 Å². The second-order valence-corrected chi connectivity index (χ2v) is 4.03. The summed E-state index contributed by atoms with van der Waals surface area (Å²) in [4.78, 5) is 19.4. The van der Waals surface area contributed by atoms with Crippen molar-refractivity contribution >= 4 is 17.5 Å². The van der Waals surface area contributed by atoms with Gasteiger partial charge in [0.25, 0.3) is 0 Å². The minimum absolute atomic E-state index is 0.0640. The SMILES string of the molecule is CNC(=O)CCN(C)c1cc(NC)nc(C(F)(F)F)n1. The molecular weight excluding hydrogens is 275 g/mol. The highest BCUT2D eigenvalue weighted by Crippen LogP contribution is 2.28. The predicted octanol–water partition coefficient (Wildman–Crippen LogP) is 1.11. The average Bonchev–Trinajstić information content (AvgIpc) is 2.42. The van der Waals surface area contributed by atoms with Crippen molar-refractivity contribution in [2.75, 3.05) is 37.9 Å². The number of carbonyl (C=O) groups is 1. The Kier molecular flexibility index (Phi) is 5.12. The highest BCUT2D eigenvalue weighted by Gasteiger charge is 2.35. The van der Waals surface area contributed by atoms with E-state index in [1.54, 1.807) is 7.05 Å². The van der Waals surface area contributed by atoms with E-state index in [1.165, 1.54) is 25.1 Å². The number of halogens is 3. The summed E-state index contributed by atoms with van der Waals surface area (Å²) in [6.07, 6.45) is -4.46. The quantitative estimate of drug-likeness (QED) is 0.850. The normalized spacial score (nSPS) is 11.1. The molecule has 0 aromatic carbocycles. The summed E-state index contributed by atoms with van der Waals surface area (Å²) in [6, 6.07) is 1.39. The number of anilines is 2. The Morgan fingerprint density at radius 1 is 1.35 bits per heavy atom. The van der Waals surface area contributed by atoms with Gasteiger partial charge in [-0.05, 0) is 0 Å². The van der Waals surface area contributed by atoms with Gasteiger partial charge in [-0.3, -0.25) is 4.79 Å². The van der Waals surface area contributed by atoms with Crippen molar-refractivity contribution in [2.24, 2.45) is 0 Å². The van der Waals surface area contributed by atoms with E-state index in [1.807, 2.05) is 0 Å². The van der Waals surface area contributed by atoms with Crippen LogP contribution >= 0.6 is 0 Å². The Morgan fingerprint density at radius 2 is 2.00 bits per heavy atom. The van der Waals surface area contributed by atoms with Crippen LogP contribution in [0.4, 0.5) is 24.8 Å². The molecule has 0 spiro atoms. The second-order valence-electron chi connectivity index (χ2n) is 4.03. The van der Waals surface area contributed by atoms with Crippen LogP contribution in [0, 0.1) is 0 Å². The van der Waals surface area contributed by atoms with Crippen molar-refractivity contribution in [2.45, 2.75) is 12.6 Å². The lowest BCUT2D eigenvalue weighted by Crippen LogP contribution is -2.27. The number of carbonyl (C=O) groups excluding carboxylic acids is 1. The summed E-state index contributed by atoms with van der Waals surface area (Å²) in [5.41, 5.74) is 0. The second kappa shape index (κ2) is 6.40. The number of hydrogen-bond acceptors (Lipinski definition) is 5. The topological polar surface area (TPSA) is 70.2 Å². The van der Waals surface area contributed by atoms with Gasteiger partial charge in [0.2, 0.25) is 11.7 Å². The molecule has 0 atom stereocenters. The van der Waals surface area contributed by atoms with Gasteiger partial charge in [-0.25, -0.2) is 9.97 Å². The Labute approximate surface area is 114 Å². The van der Waals surface area contributed by atoms with E-state index in [0.717, 1.165) is 0 Å². The molecular formula is C11H16F3N5O. The zero-order valence-electron chi connectivity index (χ0n) is 11.4. The first-order chi connectivity index (χ1) is 9.27. The first-order valence-electron chi connectivity index (χ1n) is 5.83. The third-order valence-corrected chi connectivity index (χ3v) is 2.57. The van der Waals surface area contributed by atoms with Crippen molar-refractivity contribution in [1.82, 2.24) is 15.3 Å². The van der Waals surface area contributed by atoms with Gasteiger partial charge >= 0.3 is 6.18 Å². The van der Waals surface area contributed by atoms with Gasteiger partial charge in [0.1, 0.15) is 11.6 Å². The molecule has 6 nitrogen and oxygen atoms in total. The van der Waals surface area contributed by atoms with Crippen molar-refractivity contribution in [3.8, 4) is 0 Å². The minimum atomic E-state index is -4.62. The molecule has 0 bridgehead atoms. The molecule has 0 saturated carbocycles. The van der Waals surface area contributed by atoms with Gasteiger partial charge < -0.3 is 15.5 Å². The number of nitrogens with zero attached hydrogens (tertiary/aromatic N) is 3. The molecule has 0 aliphatic heterocycles. The van der Waals surface area contributed by atoms with E-state index in [0.29, 0.717) is 0 Å². The van der Waals surface area contributed by atoms with E-state index >= 15 is 0 Å². The molecule has 0 aliphatic rings. The summed E-state index contributed by atoms with van der Waals surface area (Å²) >= 11 is 0. The van der Waals surface area contributed by atoms with Gasteiger partial charge in [-0.15, -0.1) is 0 Å². The third kappa shape index (κ3) is 4.25. The lowest BCUT2D eigenvalue weighted by atomic mass is 10.3. The van der Waals surface area contributed by atoms with E-state index in [9.17, 15) is 18.0 Å². The fourth-order valence-electron chi connectivity index (χ4n) is 1.39. The lowest BCUT2D eigenvalue weighted by Gasteiger charge is -2.19. The maximum absolute atomic E-state index is 12.7. The molecule has 20 heavy (non-hydrogen) atoms. The van der Waals surface area contributed by atoms with Crippen LogP contribution < -0.4 is 15.5 Å². The highest BCUT2D eigenvalue weighted by molar-refractivity contribution is 5.76. The third-order valence-electron chi connectivity index (χ3n) is 2.57.